The minimum Gasteiger partial charge on any atom is -0.299 e. The summed E-state index contributed by atoms with van der Waals surface area (Å²) in [5.41, 5.74) is 1.75. The van der Waals surface area contributed by atoms with Crippen LogP contribution in [0.25, 0.3) is 10.9 Å². The molecule has 2 aliphatic heterocycles. The van der Waals surface area contributed by atoms with Crippen molar-refractivity contribution in [2.75, 3.05) is 13.1 Å². The number of amides is 2. The smallest absolute Gasteiger partial charge is 0.263 e. The molecule has 1 unspecified atom stereocenters. The number of carbonyl (C=O) groups excluding carboxylic acids is 2. The zero-order valence-electron chi connectivity index (χ0n) is 20.3. The second-order valence-electron chi connectivity index (χ2n) is 9.50. The molecule has 3 heterocycles. The fourth-order valence-electron chi connectivity index (χ4n) is 5.08. The highest BCUT2D eigenvalue weighted by Crippen LogP contribution is 2.30. The predicted octanol–water partition coefficient (Wildman–Crippen LogP) is 4.10. The number of hydrogen-bond donors (Lipinski definition) is 1. The minimum absolute atomic E-state index is 0.170. The Hall–Kier alpha value is -3.04. The molecule has 36 heavy (non-hydrogen) atoms. The monoisotopic (exact) mass is 508 g/mol. The summed E-state index contributed by atoms with van der Waals surface area (Å²) in [5, 5.41) is 2.72. The fourth-order valence-corrected chi connectivity index (χ4v) is 6.13. The van der Waals surface area contributed by atoms with E-state index in [1.165, 1.54) is 35.6 Å². The first-order chi connectivity index (χ1) is 17.4. The van der Waals surface area contributed by atoms with Gasteiger partial charge >= 0.3 is 0 Å². The number of rotatable bonds is 6. The maximum atomic E-state index is 15.0. The van der Waals surface area contributed by atoms with Gasteiger partial charge in [-0.15, -0.1) is 11.8 Å². The normalized spacial score (nSPS) is 19.0. The molecule has 1 N–H and O–H groups in total. The number of imide groups is 1. The maximum absolute atomic E-state index is 15.0. The third kappa shape index (κ3) is 5.08. The average molecular weight is 509 g/mol. The highest BCUT2D eigenvalue weighted by atomic mass is 32.2. The van der Waals surface area contributed by atoms with Crippen LogP contribution in [0.5, 0.6) is 0 Å². The summed E-state index contributed by atoms with van der Waals surface area (Å²) in [6.45, 7) is 4.57. The van der Waals surface area contributed by atoms with E-state index in [-0.39, 0.29) is 30.1 Å². The molecule has 2 aliphatic rings. The highest BCUT2D eigenvalue weighted by Gasteiger charge is 2.30. The number of thioether (sulfide) groups is 1. The molecule has 0 aliphatic carbocycles. The minimum atomic E-state index is -0.782. The molecule has 2 fully saturated rings. The first kappa shape index (κ1) is 24.6. The molecule has 1 aromatic heterocycles. The van der Waals surface area contributed by atoms with Crippen LogP contribution in [0.1, 0.15) is 55.1 Å². The number of piperidine rings is 2. The Labute approximate surface area is 213 Å². The maximum Gasteiger partial charge on any atom is 0.263 e. The molecule has 0 spiro atoms. The topological polar surface area (TPSA) is 84.3 Å². The number of nitrogens with zero attached hydrogens (tertiary/aromatic N) is 3. The first-order valence-corrected chi connectivity index (χ1v) is 13.4. The number of aryl methyl sites for hydroxylation is 1. The van der Waals surface area contributed by atoms with Gasteiger partial charge in [0.2, 0.25) is 11.8 Å². The van der Waals surface area contributed by atoms with Crippen molar-refractivity contribution < 1.29 is 14.0 Å². The molecule has 3 aromatic rings. The number of hydrogen-bond acceptors (Lipinski definition) is 6. The molecule has 1 atom stereocenters. The fraction of sp³-hybridized carbons (Fsp3) is 0.407. The molecule has 2 amide bonds. The van der Waals surface area contributed by atoms with E-state index in [9.17, 15) is 18.8 Å². The van der Waals surface area contributed by atoms with Crippen LogP contribution in [0.4, 0.5) is 4.39 Å². The Morgan fingerprint density at radius 2 is 1.92 bits per heavy atom. The van der Waals surface area contributed by atoms with Gasteiger partial charge < -0.3 is 0 Å². The van der Waals surface area contributed by atoms with Gasteiger partial charge in [0, 0.05) is 23.6 Å². The molecule has 7 nitrogen and oxygen atoms in total. The first-order valence-electron chi connectivity index (χ1n) is 12.4. The zero-order chi connectivity index (χ0) is 25.2. The Bertz CT molecular complexity index is 1380. The molecule has 2 saturated heterocycles. The number of carbonyl (C=O) groups is 2. The average Bonchev–Trinajstić information content (AvgIpc) is 2.85. The number of likely N-dealkylation sites (tertiary alicyclic amines) is 1. The van der Waals surface area contributed by atoms with Crippen molar-refractivity contribution in [2.45, 2.75) is 62.3 Å². The summed E-state index contributed by atoms with van der Waals surface area (Å²) < 4.78 is 16.3. The van der Waals surface area contributed by atoms with Crippen molar-refractivity contribution >= 4 is 34.5 Å². The quantitative estimate of drug-likeness (QED) is 0.399. The molecule has 0 saturated carbocycles. The highest BCUT2D eigenvalue weighted by molar-refractivity contribution is 7.98. The van der Waals surface area contributed by atoms with Gasteiger partial charge in [0.15, 0.2) is 0 Å². The third-order valence-corrected chi connectivity index (χ3v) is 8.05. The van der Waals surface area contributed by atoms with Crippen molar-refractivity contribution in [3.05, 3.63) is 69.5 Å². The van der Waals surface area contributed by atoms with Crippen LogP contribution in [0.15, 0.2) is 46.1 Å². The molecular formula is C27H29FN4O3S. The number of nitrogens with one attached hydrogen (secondary N) is 1. The van der Waals surface area contributed by atoms with Crippen LogP contribution >= 0.6 is 11.8 Å². The van der Waals surface area contributed by atoms with E-state index < -0.39 is 11.9 Å². The Balaban J connectivity index is 1.39. The van der Waals surface area contributed by atoms with Crippen LogP contribution in [-0.2, 0) is 21.9 Å². The molecule has 9 heteroatoms. The predicted molar refractivity (Wildman–Crippen MR) is 137 cm³/mol. The van der Waals surface area contributed by atoms with Crippen molar-refractivity contribution in [3.8, 4) is 0 Å². The molecule has 5 rings (SSSR count). The Kier molecular flexibility index (Phi) is 7.20. The number of aromatic nitrogens is 2. The summed E-state index contributed by atoms with van der Waals surface area (Å²) in [6.07, 6.45) is 4.08. The van der Waals surface area contributed by atoms with Crippen molar-refractivity contribution in [3.63, 3.8) is 0 Å². The lowest BCUT2D eigenvalue weighted by Gasteiger charge is -2.26. The summed E-state index contributed by atoms with van der Waals surface area (Å²) in [5.74, 6) is -0.294. The summed E-state index contributed by atoms with van der Waals surface area (Å²) in [4.78, 5) is 45.2. The lowest BCUT2D eigenvalue weighted by molar-refractivity contribution is -0.135. The molecule has 0 radical (unpaired) electrons. The number of fused-ring (bicyclic) bond motifs is 1. The summed E-state index contributed by atoms with van der Waals surface area (Å²) >= 11 is 1.38. The van der Waals surface area contributed by atoms with Crippen LogP contribution in [0, 0.1) is 12.7 Å². The van der Waals surface area contributed by atoms with Gasteiger partial charge in [-0.2, -0.15) is 0 Å². The number of halogens is 1. The van der Waals surface area contributed by atoms with Crippen LogP contribution in [0.2, 0.25) is 0 Å². The van der Waals surface area contributed by atoms with Gasteiger partial charge in [-0.05, 0) is 68.6 Å². The van der Waals surface area contributed by atoms with E-state index in [1.807, 2.05) is 24.3 Å². The van der Waals surface area contributed by atoms with Crippen molar-refractivity contribution in [1.29, 1.82) is 0 Å². The van der Waals surface area contributed by atoms with Gasteiger partial charge in [0.25, 0.3) is 5.56 Å². The van der Waals surface area contributed by atoms with Gasteiger partial charge in [0.05, 0.1) is 10.9 Å². The molecular weight excluding hydrogens is 479 g/mol. The standard InChI is InChI=1S/C27H29FN4O3S/c1-17-29-21-6-5-7-23(25(21)27(35)32(17)22-10-11-24(33)30-26(22)34)36-16-19-9-8-18(14-20(19)28)15-31-12-3-2-4-13-31/h5-9,14,22H,2-4,10-13,15-16H2,1H3,(H,30,33,34). The SMILES string of the molecule is Cc1nc2cccc(SCc3ccc(CN4CCCCC4)cc3F)c2c(=O)n1C1CCC(=O)NC1=O. The van der Waals surface area contributed by atoms with Gasteiger partial charge in [0.1, 0.15) is 17.7 Å². The van der Waals surface area contributed by atoms with Gasteiger partial charge in [-0.25, -0.2) is 9.37 Å². The van der Waals surface area contributed by atoms with E-state index in [1.54, 1.807) is 19.1 Å². The van der Waals surface area contributed by atoms with Gasteiger partial charge in [-0.3, -0.25) is 29.2 Å². The number of benzene rings is 2. The Morgan fingerprint density at radius 3 is 2.67 bits per heavy atom. The Morgan fingerprint density at radius 1 is 1.11 bits per heavy atom. The van der Waals surface area contributed by atoms with Gasteiger partial charge in [-0.1, -0.05) is 24.6 Å². The van der Waals surface area contributed by atoms with E-state index in [0.29, 0.717) is 32.9 Å². The van der Waals surface area contributed by atoms with Crippen molar-refractivity contribution in [1.82, 2.24) is 19.8 Å². The zero-order valence-corrected chi connectivity index (χ0v) is 21.1. The molecule has 0 bridgehead atoms. The molecule has 2 aromatic carbocycles. The molecule has 188 valence electrons. The van der Waals surface area contributed by atoms with Crippen LogP contribution in [-0.4, -0.2) is 39.4 Å². The second kappa shape index (κ2) is 10.5. The van der Waals surface area contributed by atoms with Crippen LogP contribution in [0.3, 0.4) is 0 Å². The lowest BCUT2D eigenvalue weighted by atomic mass is 10.1. The second-order valence-corrected chi connectivity index (χ2v) is 10.5. The summed E-state index contributed by atoms with van der Waals surface area (Å²) in [6, 6.07) is 10.1. The lowest BCUT2D eigenvalue weighted by Crippen LogP contribution is -2.45. The van der Waals surface area contributed by atoms with E-state index in [4.69, 9.17) is 0 Å². The third-order valence-electron chi connectivity index (χ3n) is 6.95. The van der Waals surface area contributed by atoms with E-state index >= 15 is 0 Å². The van der Waals surface area contributed by atoms with E-state index in [0.717, 1.165) is 25.2 Å². The summed E-state index contributed by atoms with van der Waals surface area (Å²) in [7, 11) is 0. The van der Waals surface area contributed by atoms with E-state index in [2.05, 4.69) is 15.2 Å². The van der Waals surface area contributed by atoms with Crippen LogP contribution < -0.4 is 10.9 Å². The van der Waals surface area contributed by atoms with Crippen molar-refractivity contribution in [2.24, 2.45) is 0 Å². The largest absolute Gasteiger partial charge is 0.299 e.